The lowest BCUT2D eigenvalue weighted by molar-refractivity contribution is -0.146. The summed E-state index contributed by atoms with van der Waals surface area (Å²) in [6.07, 6.45) is 1.78. The molecule has 7 nitrogen and oxygen atoms in total. The number of rotatable bonds is 9. The normalized spacial score (nSPS) is 12.6. The standard InChI is InChI=1S/C29H32ClN3O4S2/c1-28(2,3)38-26-22-16-21(39(36,37)32-25-8-6-7-15-31-25)13-14-23(22)33(18-19-9-11-20(30)12-10-19)24(26)17-29(4,5)27(34)35/h6-16H,17-18H2,1-5H3,(H,31,32)(H,34,35). The van der Waals surface area contributed by atoms with E-state index in [-0.39, 0.29) is 21.9 Å². The maximum atomic E-state index is 13.3. The minimum atomic E-state index is -3.92. The van der Waals surface area contributed by atoms with E-state index >= 15 is 0 Å². The molecule has 0 unspecified atom stereocenters. The highest BCUT2D eigenvalue weighted by Crippen LogP contribution is 2.44. The van der Waals surface area contributed by atoms with Gasteiger partial charge in [-0.1, -0.05) is 50.6 Å². The number of benzene rings is 2. The van der Waals surface area contributed by atoms with E-state index in [1.54, 1.807) is 62.0 Å². The molecule has 0 aliphatic rings. The fraction of sp³-hybridized carbons (Fsp3) is 0.310. The Morgan fingerprint density at radius 3 is 2.33 bits per heavy atom. The number of aliphatic carboxylic acids is 1. The third kappa shape index (κ3) is 6.77. The van der Waals surface area contributed by atoms with Crippen LogP contribution in [0.15, 0.2) is 76.7 Å². The quantitative estimate of drug-likeness (QED) is 0.203. The van der Waals surface area contributed by atoms with Gasteiger partial charge < -0.3 is 9.67 Å². The lowest BCUT2D eigenvalue weighted by Crippen LogP contribution is -2.28. The Morgan fingerprint density at radius 2 is 1.74 bits per heavy atom. The maximum absolute atomic E-state index is 13.3. The zero-order valence-electron chi connectivity index (χ0n) is 22.5. The van der Waals surface area contributed by atoms with E-state index in [0.29, 0.717) is 11.6 Å². The molecule has 2 N–H and O–H groups in total. The van der Waals surface area contributed by atoms with Gasteiger partial charge in [-0.3, -0.25) is 9.52 Å². The number of carbonyl (C=O) groups is 1. The second-order valence-electron chi connectivity index (χ2n) is 11.1. The zero-order valence-corrected chi connectivity index (χ0v) is 24.9. The molecule has 2 aromatic carbocycles. The molecule has 0 amide bonds. The molecular weight excluding hydrogens is 554 g/mol. The Balaban J connectivity index is 1.94. The number of nitrogens with zero attached hydrogens (tertiary/aromatic N) is 2. The van der Waals surface area contributed by atoms with Crippen molar-refractivity contribution in [3.05, 3.63) is 83.1 Å². The average molecular weight is 586 g/mol. The molecule has 206 valence electrons. The van der Waals surface area contributed by atoms with Crippen LogP contribution in [-0.4, -0.2) is 33.8 Å². The maximum Gasteiger partial charge on any atom is 0.309 e. The van der Waals surface area contributed by atoms with Gasteiger partial charge in [0.2, 0.25) is 0 Å². The van der Waals surface area contributed by atoms with Gasteiger partial charge in [0, 0.05) is 50.4 Å². The topological polar surface area (TPSA) is 101 Å². The molecule has 10 heteroatoms. The highest BCUT2D eigenvalue weighted by Gasteiger charge is 2.33. The summed E-state index contributed by atoms with van der Waals surface area (Å²) in [6.45, 7) is 10.1. The van der Waals surface area contributed by atoms with E-state index in [9.17, 15) is 18.3 Å². The number of hydrogen-bond donors (Lipinski definition) is 2. The van der Waals surface area contributed by atoms with E-state index in [1.165, 1.54) is 6.20 Å². The van der Waals surface area contributed by atoms with Crippen LogP contribution < -0.4 is 4.72 Å². The number of aromatic nitrogens is 2. The van der Waals surface area contributed by atoms with Crippen molar-refractivity contribution in [1.29, 1.82) is 0 Å². The third-order valence-electron chi connectivity index (χ3n) is 6.16. The second-order valence-corrected chi connectivity index (χ2v) is 15.0. The molecule has 0 radical (unpaired) electrons. The van der Waals surface area contributed by atoms with Crippen LogP contribution in [-0.2, 0) is 27.8 Å². The summed E-state index contributed by atoms with van der Waals surface area (Å²) in [7, 11) is -3.92. The number of nitrogens with one attached hydrogen (secondary N) is 1. The minimum absolute atomic E-state index is 0.101. The fourth-order valence-electron chi connectivity index (χ4n) is 4.19. The smallest absolute Gasteiger partial charge is 0.309 e. The first-order chi connectivity index (χ1) is 18.2. The molecule has 0 fully saturated rings. The summed E-state index contributed by atoms with van der Waals surface area (Å²) in [4.78, 5) is 17.2. The van der Waals surface area contributed by atoms with Crippen LogP contribution in [0.25, 0.3) is 10.9 Å². The fourth-order valence-corrected chi connectivity index (χ4v) is 6.53. The minimum Gasteiger partial charge on any atom is -0.481 e. The van der Waals surface area contributed by atoms with E-state index in [0.717, 1.165) is 27.1 Å². The van der Waals surface area contributed by atoms with Gasteiger partial charge in [0.05, 0.1) is 10.3 Å². The first-order valence-corrected chi connectivity index (χ1v) is 15.1. The number of anilines is 1. The predicted octanol–water partition coefficient (Wildman–Crippen LogP) is 7.08. The van der Waals surface area contributed by atoms with Crippen molar-refractivity contribution in [3.63, 3.8) is 0 Å². The Bertz CT molecular complexity index is 1610. The van der Waals surface area contributed by atoms with Crippen molar-refractivity contribution < 1.29 is 18.3 Å². The van der Waals surface area contributed by atoms with Crippen molar-refractivity contribution in [2.24, 2.45) is 5.41 Å². The molecule has 0 atom stereocenters. The summed E-state index contributed by atoms with van der Waals surface area (Å²) in [5.41, 5.74) is 1.62. The Kier molecular flexibility index (Phi) is 8.08. The van der Waals surface area contributed by atoms with Gasteiger partial charge in [-0.2, -0.15) is 0 Å². The molecule has 39 heavy (non-hydrogen) atoms. The molecule has 4 aromatic rings. The number of halogens is 1. The number of fused-ring (bicyclic) bond motifs is 1. The number of hydrogen-bond acceptors (Lipinski definition) is 5. The van der Waals surface area contributed by atoms with Crippen LogP contribution in [0, 0.1) is 5.41 Å². The number of carboxylic acids is 1. The molecule has 0 bridgehead atoms. The van der Waals surface area contributed by atoms with Gasteiger partial charge >= 0.3 is 5.97 Å². The van der Waals surface area contributed by atoms with Gasteiger partial charge in [-0.25, -0.2) is 13.4 Å². The van der Waals surface area contributed by atoms with Crippen LogP contribution in [0.5, 0.6) is 0 Å². The summed E-state index contributed by atoms with van der Waals surface area (Å²) < 4.78 is 31.1. The first kappa shape index (κ1) is 29.0. The summed E-state index contributed by atoms with van der Waals surface area (Å²) in [6, 6.07) is 17.6. The second kappa shape index (κ2) is 10.9. The van der Waals surface area contributed by atoms with Gasteiger partial charge in [0.15, 0.2) is 0 Å². The molecule has 0 aliphatic heterocycles. The monoisotopic (exact) mass is 585 g/mol. The van der Waals surface area contributed by atoms with Crippen molar-refractivity contribution in [3.8, 4) is 0 Å². The van der Waals surface area contributed by atoms with Crippen LogP contribution in [0.4, 0.5) is 5.82 Å². The lowest BCUT2D eigenvalue weighted by Gasteiger charge is -2.24. The van der Waals surface area contributed by atoms with E-state index < -0.39 is 21.4 Å². The molecule has 0 spiro atoms. The Hall–Kier alpha value is -3.01. The Morgan fingerprint density at radius 1 is 1.05 bits per heavy atom. The lowest BCUT2D eigenvalue weighted by atomic mass is 9.88. The summed E-state index contributed by atoms with van der Waals surface area (Å²) >= 11 is 7.72. The van der Waals surface area contributed by atoms with Crippen LogP contribution >= 0.6 is 23.4 Å². The molecule has 0 saturated heterocycles. The molecule has 4 rings (SSSR count). The molecule has 0 saturated carbocycles. The SMILES string of the molecule is CC(C)(C)Sc1c(CC(C)(C)C(=O)O)n(Cc2ccc(Cl)cc2)c2ccc(S(=O)(=O)Nc3ccccn3)cc12. The number of carboxylic acid groups (broad SMARTS) is 1. The van der Waals surface area contributed by atoms with E-state index in [2.05, 4.69) is 35.0 Å². The third-order valence-corrected chi connectivity index (χ3v) is 9.03. The van der Waals surface area contributed by atoms with E-state index in [4.69, 9.17) is 11.6 Å². The number of sulfonamides is 1. The van der Waals surface area contributed by atoms with Crippen LogP contribution in [0.3, 0.4) is 0 Å². The van der Waals surface area contributed by atoms with Gasteiger partial charge in [0.1, 0.15) is 5.82 Å². The highest BCUT2D eigenvalue weighted by molar-refractivity contribution is 8.00. The molecule has 2 aromatic heterocycles. The molecular formula is C29H32ClN3O4S2. The van der Waals surface area contributed by atoms with Crippen LogP contribution in [0.2, 0.25) is 5.02 Å². The van der Waals surface area contributed by atoms with Crippen molar-refractivity contribution >= 4 is 56.1 Å². The summed E-state index contributed by atoms with van der Waals surface area (Å²) in [5, 5.41) is 11.4. The van der Waals surface area contributed by atoms with Crippen molar-refractivity contribution in [2.75, 3.05) is 4.72 Å². The van der Waals surface area contributed by atoms with Gasteiger partial charge in [0.25, 0.3) is 10.0 Å². The number of thioether (sulfide) groups is 1. The van der Waals surface area contributed by atoms with E-state index in [1.807, 2.05) is 24.3 Å². The average Bonchev–Trinajstić information content (AvgIpc) is 3.10. The van der Waals surface area contributed by atoms with Crippen molar-refractivity contribution in [1.82, 2.24) is 9.55 Å². The first-order valence-electron chi connectivity index (χ1n) is 12.4. The summed E-state index contributed by atoms with van der Waals surface area (Å²) in [5.74, 6) is -0.675. The Labute approximate surface area is 238 Å². The zero-order chi connectivity index (χ0) is 28.6. The largest absolute Gasteiger partial charge is 0.481 e. The van der Waals surface area contributed by atoms with Gasteiger partial charge in [-0.05, 0) is 61.9 Å². The predicted molar refractivity (Wildman–Crippen MR) is 158 cm³/mol. The van der Waals surface area contributed by atoms with Gasteiger partial charge in [-0.15, -0.1) is 11.8 Å². The highest BCUT2D eigenvalue weighted by atomic mass is 35.5. The molecule has 0 aliphatic carbocycles. The molecule has 2 heterocycles. The van der Waals surface area contributed by atoms with Crippen molar-refractivity contribution in [2.45, 2.75) is 62.1 Å². The number of pyridine rings is 1. The van der Waals surface area contributed by atoms with Crippen LogP contribution in [0.1, 0.15) is 45.9 Å².